The number of ether oxygens (including phenoxy) is 3. The highest BCUT2D eigenvalue weighted by Gasteiger charge is 2.24. The van der Waals surface area contributed by atoms with E-state index in [-0.39, 0.29) is 30.6 Å². The van der Waals surface area contributed by atoms with Crippen LogP contribution in [0.25, 0.3) is 0 Å². The highest BCUT2D eigenvalue weighted by atomic mass is 16.7. The second kappa shape index (κ2) is 8.21. The average molecular weight is 384 g/mol. The second-order valence-corrected chi connectivity index (χ2v) is 7.14. The lowest BCUT2D eigenvalue weighted by Crippen LogP contribution is -2.42. The number of hydrogen-bond acceptors (Lipinski definition) is 5. The summed E-state index contributed by atoms with van der Waals surface area (Å²) in [5, 5.41) is 5.49. The Morgan fingerprint density at radius 1 is 1.04 bits per heavy atom. The number of carbonyl (C=O) groups excluding carboxylic acids is 2. The zero-order valence-corrected chi connectivity index (χ0v) is 16.2. The molecule has 3 rings (SSSR count). The minimum absolute atomic E-state index is 0.0952. The number of carbonyl (C=O) groups is 2. The van der Waals surface area contributed by atoms with Crippen LogP contribution in [0.4, 0.5) is 0 Å². The summed E-state index contributed by atoms with van der Waals surface area (Å²) in [6, 6.07) is 12.5. The van der Waals surface area contributed by atoms with E-state index in [0.717, 1.165) is 11.3 Å². The zero-order chi connectivity index (χ0) is 20.1. The Balaban J connectivity index is 1.49. The maximum absolute atomic E-state index is 12.2. The second-order valence-electron chi connectivity index (χ2n) is 7.14. The predicted molar refractivity (Wildman–Crippen MR) is 104 cm³/mol. The van der Waals surface area contributed by atoms with Gasteiger partial charge in [-0.2, -0.15) is 0 Å². The van der Waals surface area contributed by atoms with Crippen molar-refractivity contribution in [2.24, 2.45) is 0 Å². The van der Waals surface area contributed by atoms with Crippen molar-refractivity contribution in [1.82, 2.24) is 10.6 Å². The van der Waals surface area contributed by atoms with Crippen LogP contribution in [-0.2, 0) is 10.2 Å². The van der Waals surface area contributed by atoms with Gasteiger partial charge in [0.05, 0.1) is 13.7 Å². The van der Waals surface area contributed by atoms with Crippen molar-refractivity contribution in [2.45, 2.75) is 19.3 Å². The fourth-order valence-electron chi connectivity index (χ4n) is 2.81. The number of fused-ring (bicyclic) bond motifs is 1. The highest BCUT2D eigenvalue weighted by Crippen LogP contribution is 2.36. The summed E-state index contributed by atoms with van der Waals surface area (Å²) in [5.74, 6) is 1.54. The van der Waals surface area contributed by atoms with Crippen LogP contribution in [0.2, 0.25) is 0 Å². The van der Waals surface area contributed by atoms with Crippen LogP contribution in [0.15, 0.2) is 42.5 Å². The molecule has 28 heavy (non-hydrogen) atoms. The normalized spacial score (nSPS) is 12.4. The zero-order valence-electron chi connectivity index (χ0n) is 16.2. The van der Waals surface area contributed by atoms with Gasteiger partial charge in [-0.1, -0.05) is 19.9 Å². The molecule has 2 amide bonds. The fourth-order valence-corrected chi connectivity index (χ4v) is 2.81. The van der Waals surface area contributed by atoms with E-state index < -0.39 is 0 Å². The van der Waals surface area contributed by atoms with E-state index in [4.69, 9.17) is 14.2 Å². The monoisotopic (exact) mass is 384 g/mol. The topological polar surface area (TPSA) is 85.9 Å². The first-order chi connectivity index (χ1) is 13.4. The summed E-state index contributed by atoms with van der Waals surface area (Å²) in [6.45, 7) is 4.61. The SMILES string of the molecule is COc1ccc(C(=O)NCC(=O)NCC(C)(C)c2ccc3c(c2)OCO3)cc1. The molecule has 0 spiro atoms. The van der Waals surface area contributed by atoms with Gasteiger partial charge in [0.25, 0.3) is 5.91 Å². The van der Waals surface area contributed by atoms with E-state index in [9.17, 15) is 9.59 Å². The molecule has 0 fully saturated rings. The van der Waals surface area contributed by atoms with E-state index in [1.54, 1.807) is 31.4 Å². The van der Waals surface area contributed by atoms with Crippen LogP contribution in [0.5, 0.6) is 17.2 Å². The minimum atomic E-state index is -0.312. The molecule has 2 aromatic carbocycles. The summed E-state index contributed by atoms with van der Waals surface area (Å²) in [5.41, 5.74) is 1.19. The number of methoxy groups -OCH3 is 1. The quantitative estimate of drug-likeness (QED) is 0.765. The molecule has 0 unspecified atom stereocenters. The summed E-state index contributed by atoms with van der Waals surface area (Å²) in [4.78, 5) is 24.3. The molecule has 0 aromatic heterocycles. The van der Waals surface area contributed by atoms with Crippen molar-refractivity contribution in [3.05, 3.63) is 53.6 Å². The molecule has 7 heteroatoms. The lowest BCUT2D eigenvalue weighted by molar-refractivity contribution is -0.120. The van der Waals surface area contributed by atoms with Gasteiger partial charge in [0.2, 0.25) is 12.7 Å². The van der Waals surface area contributed by atoms with Crippen molar-refractivity contribution in [3.8, 4) is 17.2 Å². The summed E-state index contributed by atoms with van der Waals surface area (Å²) >= 11 is 0. The number of hydrogen-bond donors (Lipinski definition) is 2. The fraction of sp³-hybridized carbons (Fsp3) is 0.333. The van der Waals surface area contributed by atoms with Gasteiger partial charge >= 0.3 is 0 Å². The Kier molecular flexibility index (Phi) is 5.73. The maximum atomic E-state index is 12.2. The molecule has 0 bridgehead atoms. The molecule has 0 aliphatic carbocycles. The van der Waals surface area contributed by atoms with Crippen molar-refractivity contribution in [1.29, 1.82) is 0 Å². The predicted octanol–water partition coefficient (Wildman–Crippen LogP) is 2.25. The third kappa shape index (κ3) is 4.54. The Bertz CT molecular complexity index is 862. The van der Waals surface area contributed by atoms with Gasteiger partial charge in [0.15, 0.2) is 11.5 Å². The van der Waals surface area contributed by atoms with Gasteiger partial charge in [-0.15, -0.1) is 0 Å². The molecule has 0 radical (unpaired) electrons. The molecule has 1 heterocycles. The molecule has 0 atom stereocenters. The first-order valence-electron chi connectivity index (χ1n) is 8.98. The maximum Gasteiger partial charge on any atom is 0.251 e. The lowest BCUT2D eigenvalue weighted by Gasteiger charge is -2.26. The van der Waals surface area contributed by atoms with E-state index >= 15 is 0 Å². The number of amides is 2. The summed E-state index contributed by atoms with van der Waals surface area (Å²) < 4.78 is 15.8. The molecule has 0 saturated carbocycles. The number of rotatable bonds is 7. The van der Waals surface area contributed by atoms with Crippen LogP contribution in [-0.4, -0.2) is 38.8 Å². The van der Waals surface area contributed by atoms with Crippen LogP contribution < -0.4 is 24.8 Å². The van der Waals surface area contributed by atoms with E-state index in [0.29, 0.717) is 23.6 Å². The van der Waals surface area contributed by atoms with E-state index in [1.165, 1.54) is 0 Å². The van der Waals surface area contributed by atoms with Crippen LogP contribution >= 0.6 is 0 Å². The highest BCUT2D eigenvalue weighted by molar-refractivity contribution is 5.96. The molecule has 2 aromatic rings. The number of nitrogens with one attached hydrogen (secondary N) is 2. The third-order valence-electron chi connectivity index (χ3n) is 4.64. The number of benzene rings is 2. The smallest absolute Gasteiger partial charge is 0.251 e. The van der Waals surface area contributed by atoms with Gasteiger partial charge in [-0.3, -0.25) is 9.59 Å². The molecule has 1 aliphatic heterocycles. The molecule has 0 saturated heterocycles. The van der Waals surface area contributed by atoms with Crippen molar-refractivity contribution in [2.75, 3.05) is 27.0 Å². The van der Waals surface area contributed by atoms with Crippen molar-refractivity contribution in [3.63, 3.8) is 0 Å². The molecule has 1 aliphatic rings. The first kappa shape index (κ1) is 19.5. The van der Waals surface area contributed by atoms with Crippen LogP contribution in [0.3, 0.4) is 0 Å². The third-order valence-corrected chi connectivity index (χ3v) is 4.64. The van der Waals surface area contributed by atoms with Gasteiger partial charge in [0.1, 0.15) is 5.75 Å². The van der Waals surface area contributed by atoms with Crippen LogP contribution in [0.1, 0.15) is 29.8 Å². The first-order valence-corrected chi connectivity index (χ1v) is 8.98. The summed E-state index contributed by atoms with van der Waals surface area (Å²) in [6.07, 6.45) is 0. The van der Waals surface area contributed by atoms with Crippen molar-refractivity contribution < 1.29 is 23.8 Å². The largest absolute Gasteiger partial charge is 0.497 e. The standard InChI is InChI=1S/C21H24N2O5/c1-21(2,15-6-9-17-18(10-15)28-13-27-17)12-23-19(24)11-22-20(25)14-4-7-16(26-3)8-5-14/h4-10H,11-13H2,1-3H3,(H,22,25)(H,23,24). The Morgan fingerprint density at radius 3 is 2.46 bits per heavy atom. The van der Waals surface area contributed by atoms with Gasteiger partial charge < -0.3 is 24.8 Å². The lowest BCUT2D eigenvalue weighted by atomic mass is 9.84. The van der Waals surface area contributed by atoms with Gasteiger partial charge in [-0.25, -0.2) is 0 Å². The Morgan fingerprint density at radius 2 is 1.75 bits per heavy atom. The molecule has 2 N–H and O–H groups in total. The molecular formula is C21H24N2O5. The van der Waals surface area contributed by atoms with E-state index in [1.807, 2.05) is 32.0 Å². The van der Waals surface area contributed by atoms with E-state index in [2.05, 4.69) is 10.6 Å². The Hall–Kier alpha value is -3.22. The van der Waals surface area contributed by atoms with Gasteiger partial charge in [-0.05, 0) is 42.0 Å². The molecular weight excluding hydrogens is 360 g/mol. The summed E-state index contributed by atoms with van der Waals surface area (Å²) in [7, 11) is 1.56. The Labute approximate surface area is 164 Å². The van der Waals surface area contributed by atoms with Gasteiger partial charge in [0, 0.05) is 17.5 Å². The minimum Gasteiger partial charge on any atom is -0.497 e. The van der Waals surface area contributed by atoms with Crippen molar-refractivity contribution >= 4 is 11.8 Å². The molecule has 7 nitrogen and oxygen atoms in total. The average Bonchev–Trinajstić information content (AvgIpc) is 3.18. The molecule has 148 valence electrons. The van der Waals surface area contributed by atoms with Crippen LogP contribution in [0, 0.1) is 0 Å².